The quantitative estimate of drug-likeness (QED) is 0.781. The molecule has 0 bridgehead atoms. The summed E-state index contributed by atoms with van der Waals surface area (Å²) in [5, 5.41) is 5.81. The van der Waals surface area contributed by atoms with Gasteiger partial charge in [-0.05, 0) is 62.1 Å². The molecule has 2 fully saturated rings. The molecule has 1 heterocycles. The minimum atomic E-state index is -0.299. The molecule has 4 rings (SSSR count). The van der Waals surface area contributed by atoms with Crippen LogP contribution in [0.25, 0.3) is 0 Å². The van der Waals surface area contributed by atoms with E-state index in [1.54, 1.807) is 19.2 Å². The first-order chi connectivity index (χ1) is 14.2. The number of benzene rings is 2. The Morgan fingerprint density at radius 1 is 0.897 bits per heavy atom. The lowest BCUT2D eigenvalue weighted by Crippen LogP contribution is -2.29. The summed E-state index contributed by atoms with van der Waals surface area (Å²) < 4.78 is 5.26. The average Bonchev–Trinajstić information content (AvgIpc) is 3.57. The number of nitrogens with one attached hydrogen (secondary N) is 2. The van der Waals surface area contributed by atoms with Crippen LogP contribution in [0.1, 0.15) is 25.7 Å². The molecule has 1 aliphatic carbocycles. The number of methoxy groups -OCH3 is 1. The monoisotopic (exact) mass is 393 g/mol. The zero-order valence-electron chi connectivity index (χ0n) is 16.7. The summed E-state index contributed by atoms with van der Waals surface area (Å²) in [6.07, 6.45) is 4.34. The Hall–Kier alpha value is -3.02. The van der Waals surface area contributed by atoms with E-state index in [4.69, 9.17) is 4.74 Å². The molecule has 0 spiro atoms. The number of hydrogen-bond acceptors (Lipinski definition) is 4. The SMILES string of the molecule is COc1ccccc1NC(=O)C1CC1C(=O)Nc1ccc(N2CCCCC2)cc1. The predicted octanol–water partition coefficient (Wildman–Crippen LogP) is 3.90. The molecule has 2 amide bonds. The second-order valence-corrected chi connectivity index (χ2v) is 7.72. The molecule has 0 aromatic heterocycles. The second-order valence-electron chi connectivity index (χ2n) is 7.72. The highest BCUT2D eigenvalue weighted by atomic mass is 16.5. The molecule has 2 N–H and O–H groups in total. The van der Waals surface area contributed by atoms with Crippen molar-refractivity contribution in [3.05, 3.63) is 48.5 Å². The maximum absolute atomic E-state index is 12.5. The standard InChI is InChI=1S/C23H27N3O3/c1-29-21-8-4-3-7-20(21)25-23(28)19-15-18(19)22(27)24-16-9-11-17(12-10-16)26-13-5-2-6-14-26/h3-4,7-12,18-19H,2,5-6,13-15H2,1H3,(H,24,27)(H,25,28). The fourth-order valence-corrected chi connectivity index (χ4v) is 3.89. The summed E-state index contributed by atoms with van der Waals surface area (Å²) in [5.41, 5.74) is 2.59. The van der Waals surface area contributed by atoms with E-state index in [9.17, 15) is 9.59 Å². The predicted molar refractivity (Wildman–Crippen MR) is 114 cm³/mol. The van der Waals surface area contributed by atoms with Crippen LogP contribution in [0.2, 0.25) is 0 Å². The van der Waals surface area contributed by atoms with E-state index in [0.29, 0.717) is 17.9 Å². The summed E-state index contributed by atoms with van der Waals surface area (Å²) in [4.78, 5) is 27.4. The van der Waals surface area contributed by atoms with Gasteiger partial charge in [0.05, 0.1) is 24.6 Å². The molecule has 0 radical (unpaired) electrons. The van der Waals surface area contributed by atoms with Gasteiger partial charge >= 0.3 is 0 Å². The van der Waals surface area contributed by atoms with Gasteiger partial charge in [0.15, 0.2) is 0 Å². The van der Waals surface area contributed by atoms with Crippen LogP contribution in [0.15, 0.2) is 48.5 Å². The van der Waals surface area contributed by atoms with E-state index in [0.717, 1.165) is 18.8 Å². The molecule has 2 unspecified atom stereocenters. The third kappa shape index (κ3) is 4.53. The van der Waals surface area contributed by atoms with Gasteiger partial charge in [0.25, 0.3) is 0 Å². The first-order valence-corrected chi connectivity index (χ1v) is 10.3. The number of anilines is 3. The van der Waals surface area contributed by atoms with Gasteiger partial charge in [0.1, 0.15) is 5.75 Å². The normalized spacial score (nSPS) is 20.7. The largest absolute Gasteiger partial charge is 0.495 e. The highest BCUT2D eigenvalue weighted by Gasteiger charge is 2.48. The summed E-state index contributed by atoms with van der Waals surface area (Å²) in [6, 6.07) is 15.3. The maximum Gasteiger partial charge on any atom is 0.228 e. The van der Waals surface area contributed by atoms with Crippen LogP contribution in [-0.4, -0.2) is 32.0 Å². The Balaban J connectivity index is 1.30. The fourth-order valence-electron chi connectivity index (χ4n) is 3.89. The van der Waals surface area contributed by atoms with Gasteiger partial charge in [-0.1, -0.05) is 12.1 Å². The van der Waals surface area contributed by atoms with Crippen molar-refractivity contribution in [2.45, 2.75) is 25.7 Å². The molecule has 29 heavy (non-hydrogen) atoms. The van der Waals surface area contributed by atoms with E-state index >= 15 is 0 Å². The zero-order valence-corrected chi connectivity index (χ0v) is 16.7. The van der Waals surface area contributed by atoms with Gasteiger partial charge in [-0.2, -0.15) is 0 Å². The van der Waals surface area contributed by atoms with Crippen molar-refractivity contribution in [3.63, 3.8) is 0 Å². The number of rotatable bonds is 6. The molecule has 6 nitrogen and oxygen atoms in total. The third-order valence-electron chi connectivity index (χ3n) is 5.68. The Labute approximate surface area is 171 Å². The van der Waals surface area contributed by atoms with E-state index in [-0.39, 0.29) is 23.7 Å². The van der Waals surface area contributed by atoms with Crippen LogP contribution in [-0.2, 0) is 9.59 Å². The first kappa shape index (κ1) is 19.3. The van der Waals surface area contributed by atoms with Crippen molar-refractivity contribution in [2.75, 3.05) is 35.7 Å². The van der Waals surface area contributed by atoms with Gasteiger partial charge in [-0.25, -0.2) is 0 Å². The lowest BCUT2D eigenvalue weighted by atomic mass is 10.1. The fraction of sp³-hybridized carbons (Fsp3) is 0.391. The molecule has 1 aliphatic heterocycles. The molecule has 1 saturated heterocycles. The van der Waals surface area contributed by atoms with Crippen molar-refractivity contribution < 1.29 is 14.3 Å². The zero-order chi connectivity index (χ0) is 20.2. The van der Waals surface area contributed by atoms with Gasteiger partial charge < -0.3 is 20.3 Å². The Bertz CT molecular complexity index is 875. The van der Waals surface area contributed by atoms with Crippen LogP contribution < -0.4 is 20.3 Å². The van der Waals surface area contributed by atoms with Crippen molar-refractivity contribution in [1.29, 1.82) is 0 Å². The van der Waals surface area contributed by atoms with Gasteiger partial charge in [-0.3, -0.25) is 9.59 Å². The minimum Gasteiger partial charge on any atom is -0.495 e. The number of nitrogens with zero attached hydrogens (tertiary/aromatic N) is 1. The van der Waals surface area contributed by atoms with Crippen LogP contribution in [0.4, 0.5) is 17.1 Å². The first-order valence-electron chi connectivity index (χ1n) is 10.3. The molecular formula is C23H27N3O3. The van der Waals surface area contributed by atoms with E-state index in [2.05, 4.69) is 27.7 Å². The van der Waals surface area contributed by atoms with Crippen LogP contribution >= 0.6 is 0 Å². The van der Waals surface area contributed by atoms with Crippen molar-refractivity contribution >= 4 is 28.9 Å². The molecular weight excluding hydrogens is 366 g/mol. The number of ether oxygens (including phenoxy) is 1. The summed E-state index contributed by atoms with van der Waals surface area (Å²) >= 11 is 0. The van der Waals surface area contributed by atoms with E-state index in [1.807, 2.05) is 24.3 Å². The van der Waals surface area contributed by atoms with Gasteiger partial charge in [0.2, 0.25) is 11.8 Å². The lowest BCUT2D eigenvalue weighted by Gasteiger charge is -2.28. The highest BCUT2D eigenvalue weighted by molar-refractivity contribution is 6.03. The van der Waals surface area contributed by atoms with Crippen LogP contribution in [0.5, 0.6) is 5.75 Å². The van der Waals surface area contributed by atoms with Crippen LogP contribution in [0.3, 0.4) is 0 Å². The van der Waals surface area contributed by atoms with Crippen molar-refractivity contribution in [2.24, 2.45) is 11.8 Å². The Morgan fingerprint density at radius 2 is 1.55 bits per heavy atom. The number of para-hydroxylation sites is 2. The van der Waals surface area contributed by atoms with Gasteiger partial charge in [0, 0.05) is 24.5 Å². The third-order valence-corrected chi connectivity index (χ3v) is 5.68. The summed E-state index contributed by atoms with van der Waals surface area (Å²) in [6.45, 7) is 2.19. The van der Waals surface area contributed by atoms with E-state index < -0.39 is 0 Å². The second kappa shape index (κ2) is 8.55. The minimum absolute atomic E-state index is 0.101. The topological polar surface area (TPSA) is 70.7 Å². The van der Waals surface area contributed by atoms with E-state index in [1.165, 1.54) is 24.9 Å². The van der Waals surface area contributed by atoms with Crippen molar-refractivity contribution in [1.82, 2.24) is 0 Å². The number of hydrogen-bond donors (Lipinski definition) is 2. The van der Waals surface area contributed by atoms with Crippen molar-refractivity contribution in [3.8, 4) is 5.75 Å². The van der Waals surface area contributed by atoms with Crippen LogP contribution in [0, 0.1) is 11.8 Å². The molecule has 2 aliphatic rings. The number of carbonyl (C=O) groups excluding carboxylic acids is 2. The number of piperidine rings is 1. The number of carbonyl (C=O) groups is 2. The Morgan fingerprint density at radius 3 is 2.24 bits per heavy atom. The Kier molecular flexibility index (Phi) is 5.69. The molecule has 1 saturated carbocycles. The highest BCUT2D eigenvalue weighted by Crippen LogP contribution is 2.41. The van der Waals surface area contributed by atoms with Gasteiger partial charge in [-0.15, -0.1) is 0 Å². The lowest BCUT2D eigenvalue weighted by molar-refractivity contribution is -0.122. The smallest absolute Gasteiger partial charge is 0.228 e. The summed E-state index contributed by atoms with van der Waals surface area (Å²) in [5.74, 6) is -0.221. The molecule has 2 atom stereocenters. The summed E-state index contributed by atoms with van der Waals surface area (Å²) in [7, 11) is 1.56. The maximum atomic E-state index is 12.5. The molecule has 6 heteroatoms. The molecule has 2 aromatic carbocycles. The average molecular weight is 393 g/mol. The molecule has 2 aromatic rings. The number of amides is 2. The molecule has 152 valence electrons.